The fourth-order valence-corrected chi connectivity index (χ4v) is 3.94. The second-order valence-electron chi connectivity index (χ2n) is 7.61. The van der Waals surface area contributed by atoms with Crippen LogP contribution in [0.15, 0.2) is 48.8 Å². The molecule has 1 atom stereocenters. The number of ether oxygens (including phenoxy) is 1. The van der Waals surface area contributed by atoms with E-state index in [1.165, 1.54) is 29.2 Å². The van der Waals surface area contributed by atoms with Crippen LogP contribution in [0.4, 0.5) is 26.2 Å². The van der Waals surface area contributed by atoms with Crippen LogP contribution in [-0.2, 0) is 11.3 Å². The van der Waals surface area contributed by atoms with Crippen molar-refractivity contribution < 1.29 is 13.5 Å². The molecule has 2 N–H and O–H groups in total. The van der Waals surface area contributed by atoms with Crippen LogP contribution in [0, 0.1) is 18.6 Å². The SMILES string of the molecule is CCN(c1ccc(-n2ncnc2C)c(F)c1)c1nc(N)c2c(n1)C(c1ccc(F)cc1)OC2. The van der Waals surface area contributed by atoms with Gasteiger partial charge in [0.1, 0.15) is 35.6 Å². The van der Waals surface area contributed by atoms with Gasteiger partial charge in [0.05, 0.1) is 12.3 Å². The molecule has 2 aromatic heterocycles. The molecule has 0 spiro atoms. The minimum absolute atomic E-state index is 0.260. The first-order chi connectivity index (χ1) is 16.0. The van der Waals surface area contributed by atoms with E-state index in [1.807, 2.05) is 6.92 Å². The van der Waals surface area contributed by atoms with Crippen molar-refractivity contribution in [3.05, 3.63) is 83.1 Å². The van der Waals surface area contributed by atoms with Crippen molar-refractivity contribution in [2.45, 2.75) is 26.6 Å². The molecular formula is C23H21F2N7O. The number of benzene rings is 2. The highest BCUT2D eigenvalue weighted by Gasteiger charge is 2.31. The van der Waals surface area contributed by atoms with E-state index in [0.717, 1.165) is 5.56 Å². The topological polar surface area (TPSA) is 95.0 Å². The molecule has 0 aliphatic carbocycles. The zero-order chi connectivity index (χ0) is 23.1. The molecule has 168 valence electrons. The lowest BCUT2D eigenvalue weighted by molar-refractivity contribution is 0.0924. The Bertz CT molecular complexity index is 1320. The Hall–Kier alpha value is -3.92. The summed E-state index contributed by atoms with van der Waals surface area (Å²) in [4.78, 5) is 15.0. The second kappa shape index (κ2) is 8.21. The summed E-state index contributed by atoms with van der Waals surface area (Å²) < 4.78 is 35.7. The van der Waals surface area contributed by atoms with E-state index >= 15 is 0 Å². The summed E-state index contributed by atoms with van der Waals surface area (Å²) in [6.07, 6.45) is 0.889. The normalized spacial score (nSPS) is 15.0. The van der Waals surface area contributed by atoms with E-state index in [2.05, 4.69) is 15.1 Å². The van der Waals surface area contributed by atoms with Gasteiger partial charge in [0.25, 0.3) is 0 Å². The van der Waals surface area contributed by atoms with Gasteiger partial charge in [-0.25, -0.2) is 23.4 Å². The van der Waals surface area contributed by atoms with Gasteiger partial charge < -0.3 is 15.4 Å². The Kier molecular flexibility index (Phi) is 5.21. The van der Waals surface area contributed by atoms with E-state index in [4.69, 9.17) is 15.5 Å². The van der Waals surface area contributed by atoms with Crippen molar-refractivity contribution in [2.75, 3.05) is 17.2 Å². The summed E-state index contributed by atoms with van der Waals surface area (Å²) >= 11 is 0. The molecule has 0 saturated carbocycles. The highest BCUT2D eigenvalue weighted by Crippen LogP contribution is 2.38. The highest BCUT2D eigenvalue weighted by atomic mass is 19.1. The average Bonchev–Trinajstić information content (AvgIpc) is 3.42. The van der Waals surface area contributed by atoms with Gasteiger partial charge in [-0.1, -0.05) is 12.1 Å². The van der Waals surface area contributed by atoms with Gasteiger partial charge in [-0.3, -0.25) is 0 Å². The molecule has 0 radical (unpaired) electrons. The maximum atomic E-state index is 15.0. The summed E-state index contributed by atoms with van der Waals surface area (Å²) in [5, 5.41) is 4.07. The molecule has 0 saturated heterocycles. The monoisotopic (exact) mass is 449 g/mol. The number of fused-ring (bicyclic) bond motifs is 1. The molecule has 1 unspecified atom stereocenters. The van der Waals surface area contributed by atoms with Crippen LogP contribution in [0.2, 0.25) is 0 Å². The zero-order valence-electron chi connectivity index (χ0n) is 18.0. The Balaban J connectivity index is 1.53. The van der Waals surface area contributed by atoms with Crippen molar-refractivity contribution in [3.8, 4) is 5.69 Å². The van der Waals surface area contributed by atoms with Crippen LogP contribution in [0.5, 0.6) is 0 Å². The van der Waals surface area contributed by atoms with Crippen LogP contribution in [0.3, 0.4) is 0 Å². The largest absolute Gasteiger partial charge is 0.383 e. The first-order valence-electron chi connectivity index (χ1n) is 10.4. The number of nitrogen functional groups attached to an aromatic ring is 1. The summed E-state index contributed by atoms with van der Waals surface area (Å²) in [6.45, 7) is 4.39. The van der Waals surface area contributed by atoms with E-state index in [1.54, 1.807) is 36.1 Å². The third-order valence-corrected chi connectivity index (χ3v) is 5.62. The van der Waals surface area contributed by atoms with Gasteiger partial charge in [0, 0.05) is 17.8 Å². The quantitative estimate of drug-likeness (QED) is 0.492. The summed E-state index contributed by atoms with van der Waals surface area (Å²) in [6, 6.07) is 10.9. The lowest BCUT2D eigenvalue weighted by Gasteiger charge is -2.23. The summed E-state index contributed by atoms with van der Waals surface area (Å²) in [5.74, 6) is 0.421. The third-order valence-electron chi connectivity index (χ3n) is 5.62. The number of rotatable bonds is 5. The molecular weight excluding hydrogens is 428 g/mol. The molecule has 5 rings (SSSR count). The van der Waals surface area contributed by atoms with Crippen LogP contribution < -0.4 is 10.6 Å². The lowest BCUT2D eigenvalue weighted by atomic mass is 10.0. The Morgan fingerprint density at radius 2 is 1.94 bits per heavy atom. The van der Waals surface area contributed by atoms with Gasteiger partial charge in [-0.2, -0.15) is 10.1 Å². The van der Waals surface area contributed by atoms with Gasteiger partial charge in [0.2, 0.25) is 5.95 Å². The van der Waals surface area contributed by atoms with Gasteiger partial charge in [0.15, 0.2) is 5.82 Å². The molecule has 2 aromatic carbocycles. The number of halogens is 2. The Morgan fingerprint density at radius 1 is 1.15 bits per heavy atom. The van der Waals surface area contributed by atoms with Crippen LogP contribution in [0.1, 0.15) is 35.7 Å². The average molecular weight is 449 g/mol. The maximum Gasteiger partial charge on any atom is 0.232 e. The Morgan fingerprint density at radius 3 is 2.61 bits per heavy atom. The third kappa shape index (κ3) is 3.68. The van der Waals surface area contributed by atoms with Crippen molar-refractivity contribution in [3.63, 3.8) is 0 Å². The van der Waals surface area contributed by atoms with Crippen molar-refractivity contribution in [2.24, 2.45) is 0 Å². The maximum absolute atomic E-state index is 15.0. The molecule has 1 aliphatic rings. The predicted molar refractivity (Wildman–Crippen MR) is 118 cm³/mol. The fourth-order valence-electron chi connectivity index (χ4n) is 3.94. The fraction of sp³-hybridized carbons (Fsp3) is 0.217. The van der Waals surface area contributed by atoms with E-state index in [0.29, 0.717) is 46.8 Å². The summed E-state index contributed by atoms with van der Waals surface area (Å²) in [5.41, 5.74) is 9.18. The van der Waals surface area contributed by atoms with Crippen LogP contribution >= 0.6 is 0 Å². The molecule has 1 aliphatic heterocycles. The number of aromatic nitrogens is 5. The zero-order valence-corrected chi connectivity index (χ0v) is 18.0. The molecule has 10 heteroatoms. The number of anilines is 3. The smallest absolute Gasteiger partial charge is 0.232 e. The van der Waals surface area contributed by atoms with E-state index < -0.39 is 11.9 Å². The second-order valence-corrected chi connectivity index (χ2v) is 7.61. The van der Waals surface area contributed by atoms with Gasteiger partial charge in [-0.05, 0) is 49.7 Å². The van der Waals surface area contributed by atoms with E-state index in [9.17, 15) is 8.78 Å². The van der Waals surface area contributed by atoms with Gasteiger partial charge >= 0.3 is 0 Å². The highest BCUT2D eigenvalue weighted by molar-refractivity contribution is 5.62. The van der Waals surface area contributed by atoms with Crippen molar-refractivity contribution in [1.82, 2.24) is 24.7 Å². The number of hydrogen-bond donors (Lipinski definition) is 1. The van der Waals surface area contributed by atoms with E-state index in [-0.39, 0.29) is 12.4 Å². The van der Waals surface area contributed by atoms with Crippen molar-refractivity contribution >= 4 is 17.5 Å². The molecule has 3 heterocycles. The molecule has 0 amide bonds. The lowest BCUT2D eigenvalue weighted by Crippen LogP contribution is -2.21. The number of aryl methyl sites for hydroxylation is 1. The first kappa shape index (κ1) is 21.0. The summed E-state index contributed by atoms with van der Waals surface area (Å²) in [7, 11) is 0. The number of hydrogen-bond acceptors (Lipinski definition) is 7. The number of nitrogens with two attached hydrogens (primary N) is 1. The standard InChI is InChI=1S/C23H21F2N7O/c1-3-31(16-8-9-19(18(25)10-16)32-13(2)27-12-28-32)23-29-20-17(22(26)30-23)11-33-21(20)14-4-6-15(24)7-5-14/h4-10,12,21H,3,11H2,1-2H3,(H2,26,29,30). The number of nitrogens with zero attached hydrogens (tertiary/aromatic N) is 6. The molecule has 0 bridgehead atoms. The molecule has 0 fully saturated rings. The molecule has 33 heavy (non-hydrogen) atoms. The van der Waals surface area contributed by atoms with Crippen molar-refractivity contribution in [1.29, 1.82) is 0 Å². The van der Waals surface area contributed by atoms with Gasteiger partial charge in [-0.15, -0.1) is 0 Å². The molecule has 4 aromatic rings. The minimum atomic E-state index is -0.488. The first-order valence-corrected chi connectivity index (χ1v) is 10.4. The predicted octanol–water partition coefficient (Wildman–Crippen LogP) is 4.00. The minimum Gasteiger partial charge on any atom is -0.383 e. The Labute approximate surface area is 188 Å². The van der Waals surface area contributed by atoms with Crippen LogP contribution in [0.25, 0.3) is 5.69 Å². The molecule has 8 nitrogen and oxygen atoms in total. The van der Waals surface area contributed by atoms with Crippen LogP contribution in [-0.4, -0.2) is 31.3 Å².